The highest BCUT2D eigenvalue weighted by Gasteiger charge is 2.31. The lowest BCUT2D eigenvalue weighted by Gasteiger charge is -2.37. The summed E-state index contributed by atoms with van der Waals surface area (Å²) in [4.78, 5) is 18.2. The first-order valence-corrected chi connectivity index (χ1v) is 6.24. The smallest absolute Gasteiger partial charge is 0.293 e. The van der Waals surface area contributed by atoms with Crippen LogP contribution in [0.2, 0.25) is 0 Å². The third kappa shape index (κ3) is 2.69. The van der Waals surface area contributed by atoms with E-state index in [0.717, 1.165) is 5.82 Å². The van der Waals surface area contributed by atoms with Gasteiger partial charge in [-0.05, 0) is 13.8 Å². The second-order valence-corrected chi connectivity index (χ2v) is 5.53. The van der Waals surface area contributed by atoms with Crippen molar-refractivity contribution >= 4 is 5.91 Å². The van der Waals surface area contributed by atoms with Gasteiger partial charge in [0.2, 0.25) is 5.82 Å². The van der Waals surface area contributed by atoms with Gasteiger partial charge in [-0.3, -0.25) is 9.89 Å². The number of carbonyl (C=O) groups excluding carboxylic acids is 1. The minimum atomic E-state index is -0.301. The Bertz CT molecular complexity index is 439. The Morgan fingerprint density at radius 2 is 2.22 bits per heavy atom. The van der Waals surface area contributed by atoms with Gasteiger partial charge >= 0.3 is 0 Å². The zero-order valence-corrected chi connectivity index (χ0v) is 11.4. The van der Waals surface area contributed by atoms with Crippen LogP contribution in [0.5, 0.6) is 0 Å². The maximum absolute atomic E-state index is 12.2. The summed E-state index contributed by atoms with van der Waals surface area (Å²) in [5, 5.41) is 6.80. The first-order chi connectivity index (χ1) is 8.39. The van der Waals surface area contributed by atoms with Crippen molar-refractivity contribution in [1.29, 1.82) is 0 Å². The van der Waals surface area contributed by atoms with Gasteiger partial charge in [-0.25, -0.2) is 4.98 Å². The SMILES string of the molecule is CC(C)c1nc(C(=O)N2CCOC(C)(C)C2)n[nH]1. The predicted molar refractivity (Wildman–Crippen MR) is 66.4 cm³/mol. The van der Waals surface area contributed by atoms with E-state index in [1.807, 2.05) is 27.7 Å². The van der Waals surface area contributed by atoms with Gasteiger partial charge in [0.05, 0.1) is 12.2 Å². The minimum absolute atomic E-state index is 0.130. The van der Waals surface area contributed by atoms with Crippen molar-refractivity contribution in [3.05, 3.63) is 11.6 Å². The van der Waals surface area contributed by atoms with E-state index in [-0.39, 0.29) is 23.3 Å². The third-order valence-corrected chi connectivity index (χ3v) is 2.95. The highest BCUT2D eigenvalue weighted by Crippen LogP contribution is 2.18. The summed E-state index contributed by atoms with van der Waals surface area (Å²) in [7, 11) is 0. The second-order valence-electron chi connectivity index (χ2n) is 5.53. The molecule has 0 aliphatic carbocycles. The average molecular weight is 252 g/mol. The van der Waals surface area contributed by atoms with E-state index >= 15 is 0 Å². The summed E-state index contributed by atoms with van der Waals surface area (Å²) in [5.41, 5.74) is -0.301. The van der Waals surface area contributed by atoms with E-state index in [1.165, 1.54) is 0 Å². The number of aromatic nitrogens is 3. The molecule has 1 aromatic heterocycles. The standard InChI is InChI=1S/C12H20N4O2/c1-8(2)9-13-10(15-14-9)11(17)16-5-6-18-12(3,4)7-16/h8H,5-7H2,1-4H3,(H,13,14,15). The van der Waals surface area contributed by atoms with E-state index < -0.39 is 0 Å². The molecule has 0 saturated carbocycles. The van der Waals surface area contributed by atoms with E-state index in [0.29, 0.717) is 19.7 Å². The molecule has 0 radical (unpaired) electrons. The number of ether oxygens (including phenoxy) is 1. The molecule has 18 heavy (non-hydrogen) atoms. The van der Waals surface area contributed by atoms with Gasteiger partial charge < -0.3 is 9.64 Å². The normalized spacial score (nSPS) is 19.3. The van der Waals surface area contributed by atoms with Gasteiger partial charge in [0.1, 0.15) is 5.82 Å². The molecule has 1 fully saturated rings. The molecule has 1 aromatic rings. The Labute approximate surface area is 107 Å². The van der Waals surface area contributed by atoms with Crippen molar-refractivity contribution in [3.63, 3.8) is 0 Å². The van der Waals surface area contributed by atoms with Gasteiger partial charge in [0.25, 0.3) is 5.91 Å². The fourth-order valence-electron chi connectivity index (χ4n) is 1.96. The number of H-pyrrole nitrogens is 1. The quantitative estimate of drug-likeness (QED) is 0.858. The summed E-state index contributed by atoms with van der Waals surface area (Å²) in [6, 6.07) is 0. The van der Waals surface area contributed by atoms with E-state index in [4.69, 9.17) is 4.74 Å². The zero-order valence-electron chi connectivity index (χ0n) is 11.4. The van der Waals surface area contributed by atoms with E-state index in [1.54, 1.807) is 4.90 Å². The number of rotatable bonds is 2. The number of hydrogen-bond acceptors (Lipinski definition) is 4. The summed E-state index contributed by atoms with van der Waals surface area (Å²) in [6.07, 6.45) is 0. The molecule has 0 spiro atoms. The number of morpholine rings is 1. The number of hydrogen-bond donors (Lipinski definition) is 1. The van der Waals surface area contributed by atoms with Crippen LogP contribution in [0, 0.1) is 0 Å². The first-order valence-electron chi connectivity index (χ1n) is 6.24. The minimum Gasteiger partial charge on any atom is -0.372 e. The Kier molecular flexibility index (Phi) is 3.38. The van der Waals surface area contributed by atoms with Crippen LogP contribution in [0.25, 0.3) is 0 Å². The highest BCUT2D eigenvalue weighted by atomic mass is 16.5. The molecule has 2 rings (SSSR count). The van der Waals surface area contributed by atoms with E-state index in [9.17, 15) is 4.79 Å². The number of nitrogens with zero attached hydrogens (tertiary/aromatic N) is 3. The molecular weight excluding hydrogens is 232 g/mol. The number of aromatic amines is 1. The van der Waals surface area contributed by atoms with Crippen LogP contribution in [-0.2, 0) is 4.74 Å². The largest absolute Gasteiger partial charge is 0.372 e. The van der Waals surface area contributed by atoms with Crippen molar-refractivity contribution in [3.8, 4) is 0 Å². The van der Waals surface area contributed by atoms with Crippen LogP contribution in [0.1, 0.15) is 50.1 Å². The van der Waals surface area contributed by atoms with E-state index in [2.05, 4.69) is 15.2 Å². The molecule has 0 bridgehead atoms. The molecule has 0 atom stereocenters. The van der Waals surface area contributed by atoms with Gasteiger partial charge in [-0.15, -0.1) is 5.10 Å². The number of amides is 1. The van der Waals surface area contributed by atoms with Crippen LogP contribution >= 0.6 is 0 Å². The van der Waals surface area contributed by atoms with Crippen LogP contribution < -0.4 is 0 Å². The van der Waals surface area contributed by atoms with Crippen molar-refractivity contribution in [2.24, 2.45) is 0 Å². The van der Waals surface area contributed by atoms with Gasteiger partial charge in [0, 0.05) is 19.0 Å². The predicted octanol–water partition coefficient (Wildman–Crippen LogP) is 1.18. The molecule has 1 saturated heterocycles. The summed E-state index contributed by atoms with van der Waals surface area (Å²) < 4.78 is 5.58. The van der Waals surface area contributed by atoms with Crippen molar-refractivity contribution < 1.29 is 9.53 Å². The Morgan fingerprint density at radius 3 is 2.78 bits per heavy atom. The number of nitrogens with one attached hydrogen (secondary N) is 1. The van der Waals surface area contributed by atoms with Crippen LogP contribution in [0.4, 0.5) is 0 Å². The third-order valence-electron chi connectivity index (χ3n) is 2.95. The lowest BCUT2D eigenvalue weighted by molar-refractivity contribution is -0.0766. The molecule has 0 aromatic carbocycles. The second kappa shape index (κ2) is 4.68. The van der Waals surface area contributed by atoms with Gasteiger partial charge in [0.15, 0.2) is 0 Å². The topological polar surface area (TPSA) is 71.1 Å². The molecule has 0 unspecified atom stereocenters. The molecular formula is C12H20N4O2. The molecule has 1 aliphatic rings. The van der Waals surface area contributed by atoms with Crippen molar-refractivity contribution in [1.82, 2.24) is 20.1 Å². The fraction of sp³-hybridized carbons (Fsp3) is 0.750. The van der Waals surface area contributed by atoms with Crippen LogP contribution in [0.15, 0.2) is 0 Å². The molecule has 2 heterocycles. The molecule has 1 N–H and O–H groups in total. The fourth-order valence-corrected chi connectivity index (χ4v) is 1.96. The lowest BCUT2D eigenvalue weighted by atomic mass is 10.1. The van der Waals surface area contributed by atoms with Crippen LogP contribution in [0.3, 0.4) is 0 Å². The molecule has 1 amide bonds. The van der Waals surface area contributed by atoms with Crippen molar-refractivity contribution in [2.75, 3.05) is 19.7 Å². The Morgan fingerprint density at radius 1 is 1.50 bits per heavy atom. The number of carbonyl (C=O) groups is 1. The molecule has 1 aliphatic heterocycles. The molecule has 6 heteroatoms. The summed E-state index contributed by atoms with van der Waals surface area (Å²) >= 11 is 0. The zero-order chi connectivity index (χ0) is 13.3. The van der Waals surface area contributed by atoms with Crippen molar-refractivity contribution in [2.45, 2.75) is 39.2 Å². The highest BCUT2D eigenvalue weighted by molar-refractivity contribution is 5.90. The first kappa shape index (κ1) is 13.0. The average Bonchev–Trinajstić information content (AvgIpc) is 2.76. The summed E-state index contributed by atoms with van der Waals surface area (Å²) in [6.45, 7) is 9.68. The maximum Gasteiger partial charge on any atom is 0.293 e. The molecule has 100 valence electrons. The summed E-state index contributed by atoms with van der Waals surface area (Å²) in [5.74, 6) is 1.09. The lowest BCUT2D eigenvalue weighted by Crippen LogP contribution is -2.50. The van der Waals surface area contributed by atoms with Crippen LogP contribution in [-0.4, -0.2) is 51.3 Å². The van der Waals surface area contributed by atoms with Gasteiger partial charge in [-0.1, -0.05) is 13.8 Å². The molecule has 6 nitrogen and oxygen atoms in total. The Balaban J connectivity index is 2.10. The maximum atomic E-state index is 12.2. The monoisotopic (exact) mass is 252 g/mol. The van der Waals surface area contributed by atoms with Gasteiger partial charge in [-0.2, -0.15) is 0 Å². The Hall–Kier alpha value is -1.43.